The first-order valence-electron chi connectivity index (χ1n) is 6.64. The van der Waals surface area contributed by atoms with Gasteiger partial charge in [-0.15, -0.1) is 0 Å². The molecule has 0 amide bonds. The maximum atomic E-state index is 5.80. The lowest BCUT2D eigenvalue weighted by Gasteiger charge is -2.16. The quantitative estimate of drug-likeness (QED) is 0.879. The van der Waals surface area contributed by atoms with Crippen LogP contribution in [0.25, 0.3) is 0 Å². The maximum Gasteiger partial charge on any atom is 0.248 e. The number of hydrogen-bond acceptors (Lipinski definition) is 4. The van der Waals surface area contributed by atoms with Crippen molar-refractivity contribution in [3.8, 4) is 11.6 Å². The van der Waals surface area contributed by atoms with Crippen molar-refractivity contribution in [2.75, 3.05) is 0 Å². The summed E-state index contributed by atoms with van der Waals surface area (Å²) in [5.41, 5.74) is 8.82. The first-order chi connectivity index (χ1) is 9.74. The summed E-state index contributed by atoms with van der Waals surface area (Å²) in [7, 11) is 0. The number of nitrogens with zero attached hydrogens (tertiary/aromatic N) is 2. The minimum Gasteiger partial charge on any atom is -0.437 e. The molecular weight excluding hydrogens is 270 g/mol. The van der Waals surface area contributed by atoms with E-state index >= 15 is 0 Å². The molecule has 1 heterocycles. The summed E-state index contributed by atoms with van der Waals surface area (Å²) in [4.78, 5) is 8.45. The molecule has 0 saturated carbocycles. The smallest absolute Gasteiger partial charge is 0.248 e. The predicted molar refractivity (Wildman–Crippen MR) is 81.1 cm³/mol. The van der Waals surface area contributed by atoms with E-state index in [0.29, 0.717) is 11.6 Å². The lowest BCUT2D eigenvalue weighted by Crippen LogP contribution is -2.13. The van der Waals surface area contributed by atoms with Crippen LogP contribution in [0, 0.1) is 0 Å². The molecule has 0 spiro atoms. The number of aryl methyl sites for hydroxylation is 2. The molecule has 1 aliphatic carbocycles. The van der Waals surface area contributed by atoms with Gasteiger partial charge in [-0.05, 0) is 48.9 Å². The lowest BCUT2D eigenvalue weighted by molar-refractivity contribution is 0.457. The van der Waals surface area contributed by atoms with E-state index in [2.05, 4.69) is 22.1 Å². The second kappa shape index (κ2) is 5.54. The second-order valence-electron chi connectivity index (χ2n) is 4.81. The van der Waals surface area contributed by atoms with Gasteiger partial charge in [-0.25, -0.2) is 9.97 Å². The molecule has 20 heavy (non-hydrogen) atoms. The standard InChI is InChI=1S/C15H15N3OS/c16-14(20)13-15(18-8-7-17-13)19-12-6-5-10-3-1-2-4-11(10)9-12/h5-9H,1-4H2,(H2,16,20). The van der Waals surface area contributed by atoms with Gasteiger partial charge in [0.2, 0.25) is 5.88 Å². The Bertz CT molecular complexity index is 657. The molecule has 102 valence electrons. The van der Waals surface area contributed by atoms with Crippen LogP contribution in [0.3, 0.4) is 0 Å². The summed E-state index contributed by atoms with van der Waals surface area (Å²) < 4.78 is 5.80. The molecule has 0 radical (unpaired) electrons. The van der Waals surface area contributed by atoms with Crippen molar-refractivity contribution in [1.29, 1.82) is 0 Å². The van der Waals surface area contributed by atoms with Crippen LogP contribution in [0.4, 0.5) is 0 Å². The molecule has 1 aliphatic rings. The molecule has 1 aromatic heterocycles. The van der Waals surface area contributed by atoms with E-state index in [1.54, 1.807) is 12.4 Å². The average molecular weight is 285 g/mol. The van der Waals surface area contributed by atoms with E-state index in [9.17, 15) is 0 Å². The fourth-order valence-electron chi connectivity index (χ4n) is 2.45. The average Bonchev–Trinajstić information content (AvgIpc) is 2.47. The van der Waals surface area contributed by atoms with Gasteiger partial charge < -0.3 is 10.5 Å². The first kappa shape index (κ1) is 13.0. The molecule has 0 unspecified atom stereocenters. The normalized spacial score (nSPS) is 13.6. The SMILES string of the molecule is NC(=S)c1nccnc1Oc1ccc2c(c1)CCCC2. The summed E-state index contributed by atoms with van der Waals surface area (Å²) in [5, 5.41) is 0. The molecule has 0 bridgehead atoms. The van der Waals surface area contributed by atoms with Crippen LogP contribution in [0.1, 0.15) is 29.7 Å². The van der Waals surface area contributed by atoms with Crippen molar-refractivity contribution in [3.63, 3.8) is 0 Å². The fourth-order valence-corrected chi connectivity index (χ4v) is 2.59. The van der Waals surface area contributed by atoms with Gasteiger partial charge in [-0.2, -0.15) is 0 Å². The number of nitrogens with two attached hydrogens (primary N) is 1. The van der Waals surface area contributed by atoms with Crippen LogP contribution in [0.15, 0.2) is 30.6 Å². The number of rotatable bonds is 3. The van der Waals surface area contributed by atoms with Crippen molar-refractivity contribution in [1.82, 2.24) is 9.97 Å². The van der Waals surface area contributed by atoms with Gasteiger partial charge in [0.25, 0.3) is 0 Å². The topological polar surface area (TPSA) is 61.0 Å². The summed E-state index contributed by atoms with van der Waals surface area (Å²) in [6.07, 6.45) is 7.88. The van der Waals surface area contributed by atoms with Gasteiger partial charge in [-0.3, -0.25) is 0 Å². The van der Waals surface area contributed by atoms with Crippen molar-refractivity contribution in [2.24, 2.45) is 5.73 Å². The number of ether oxygens (including phenoxy) is 1. The van der Waals surface area contributed by atoms with Gasteiger partial charge in [0, 0.05) is 12.4 Å². The third kappa shape index (κ3) is 2.63. The van der Waals surface area contributed by atoms with E-state index in [1.807, 2.05) is 6.07 Å². The van der Waals surface area contributed by atoms with Crippen molar-refractivity contribution in [2.45, 2.75) is 25.7 Å². The first-order valence-corrected chi connectivity index (χ1v) is 7.05. The highest BCUT2D eigenvalue weighted by molar-refractivity contribution is 7.80. The Kier molecular flexibility index (Phi) is 3.60. The Balaban J connectivity index is 1.90. The molecule has 0 atom stereocenters. The highest BCUT2D eigenvalue weighted by Crippen LogP contribution is 2.28. The van der Waals surface area contributed by atoms with Gasteiger partial charge in [0.05, 0.1) is 0 Å². The van der Waals surface area contributed by atoms with Crippen LogP contribution in [-0.4, -0.2) is 15.0 Å². The molecule has 1 aromatic carbocycles. The third-order valence-electron chi connectivity index (χ3n) is 3.43. The zero-order valence-corrected chi connectivity index (χ0v) is 11.8. The van der Waals surface area contributed by atoms with Crippen LogP contribution in [-0.2, 0) is 12.8 Å². The summed E-state index contributed by atoms with van der Waals surface area (Å²) in [6, 6.07) is 6.16. The summed E-state index contributed by atoms with van der Waals surface area (Å²) in [5.74, 6) is 1.11. The monoisotopic (exact) mass is 285 g/mol. The minimum atomic E-state index is 0.186. The number of hydrogen-bond donors (Lipinski definition) is 1. The number of thiocarbonyl (C=S) groups is 1. The minimum absolute atomic E-state index is 0.186. The molecular formula is C15H15N3OS. The molecule has 5 heteroatoms. The Labute approximate surface area is 123 Å². The van der Waals surface area contributed by atoms with Crippen LogP contribution in [0.5, 0.6) is 11.6 Å². The highest BCUT2D eigenvalue weighted by atomic mass is 32.1. The third-order valence-corrected chi connectivity index (χ3v) is 3.63. The van der Waals surface area contributed by atoms with Gasteiger partial charge >= 0.3 is 0 Å². The number of aromatic nitrogens is 2. The molecule has 4 nitrogen and oxygen atoms in total. The summed E-state index contributed by atoms with van der Waals surface area (Å²) in [6.45, 7) is 0. The van der Waals surface area contributed by atoms with Crippen LogP contribution >= 0.6 is 12.2 Å². The van der Waals surface area contributed by atoms with Crippen molar-refractivity contribution >= 4 is 17.2 Å². The number of benzene rings is 1. The Morgan fingerprint density at radius 3 is 2.65 bits per heavy atom. The number of fused-ring (bicyclic) bond motifs is 1. The fraction of sp³-hybridized carbons (Fsp3) is 0.267. The van der Waals surface area contributed by atoms with Crippen molar-refractivity contribution < 1.29 is 4.74 Å². The highest BCUT2D eigenvalue weighted by Gasteiger charge is 2.13. The molecule has 0 fully saturated rings. The molecule has 0 saturated heterocycles. The Morgan fingerprint density at radius 2 is 1.85 bits per heavy atom. The van der Waals surface area contributed by atoms with Crippen LogP contribution < -0.4 is 10.5 Å². The lowest BCUT2D eigenvalue weighted by atomic mass is 9.92. The maximum absolute atomic E-state index is 5.80. The van der Waals surface area contributed by atoms with Gasteiger partial charge in [0.1, 0.15) is 10.7 Å². The zero-order chi connectivity index (χ0) is 13.9. The van der Waals surface area contributed by atoms with E-state index in [1.165, 1.54) is 24.0 Å². The van der Waals surface area contributed by atoms with Gasteiger partial charge in [-0.1, -0.05) is 18.3 Å². The largest absolute Gasteiger partial charge is 0.437 e. The Morgan fingerprint density at radius 1 is 1.10 bits per heavy atom. The van der Waals surface area contributed by atoms with Crippen LogP contribution in [0.2, 0.25) is 0 Å². The summed E-state index contributed by atoms with van der Waals surface area (Å²) >= 11 is 4.96. The second-order valence-corrected chi connectivity index (χ2v) is 5.25. The Hall–Kier alpha value is -2.01. The van der Waals surface area contributed by atoms with E-state index in [-0.39, 0.29) is 4.99 Å². The molecule has 0 aliphatic heterocycles. The molecule has 2 N–H and O–H groups in total. The molecule has 3 rings (SSSR count). The zero-order valence-electron chi connectivity index (χ0n) is 11.0. The van der Waals surface area contributed by atoms with Gasteiger partial charge in [0.15, 0.2) is 5.69 Å². The predicted octanol–water partition coefficient (Wildman–Crippen LogP) is 2.78. The van der Waals surface area contributed by atoms with Crippen molar-refractivity contribution in [3.05, 3.63) is 47.4 Å². The molecule has 2 aromatic rings. The van der Waals surface area contributed by atoms with E-state index in [0.717, 1.165) is 18.6 Å². The van der Waals surface area contributed by atoms with E-state index in [4.69, 9.17) is 22.7 Å². The van der Waals surface area contributed by atoms with E-state index < -0.39 is 0 Å².